The molecule has 0 fully saturated rings. The molecule has 1 N–H and O–H groups in total. The van der Waals surface area contributed by atoms with Crippen LogP contribution in [0.4, 0.5) is 4.39 Å². The second-order valence-electron chi connectivity index (χ2n) is 6.65. The molecule has 3 nitrogen and oxygen atoms in total. The molecule has 138 valence electrons. The highest BCUT2D eigenvalue weighted by atomic mass is 19.1. The van der Waals surface area contributed by atoms with E-state index in [0.29, 0.717) is 22.3 Å². The van der Waals surface area contributed by atoms with Crippen molar-refractivity contribution in [2.75, 3.05) is 0 Å². The van der Waals surface area contributed by atoms with E-state index in [1.54, 1.807) is 18.2 Å². The maximum Gasteiger partial charge on any atom is 0.286 e. The molecule has 0 spiro atoms. The molecule has 4 rings (SSSR count). The number of benzene rings is 3. The van der Waals surface area contributed by atoms with Crippen LogP contribution in [0.3, 0.4) is 0 Å². The van der Waals surface area contributed by atoms with Gasteiger partial charge in [0.2, 0.25) is 0 Å². The van der Waals surface area contributed by atoms with Crippen LogP contribution in [0.1, 0.15) is 11.1 Å². The van der Waals surface area contributed by atoms with Crippen molar-refractivity contribution in [3.8, 4) is 22.3 Å². The lowest BCUT2D eigenvalue weighted by Gasteiger charge is -2.09. The summed E-state index contributed by atoms with van der Waals surface area (Å²) in [4.78, 5) is 12.4. The number of hydrogen-bond acceptors (Lipinski definition) is 2. The van der Waals surface area contributed by atoms with Crippen molar-refractivity contribution in [3.63, 3.8) is 0 Å². The highest BCUT2D eigenvalue weighted by molar-refractivity contribution is 5.64. The third-order valence-corrected chi connectivity index (χ3v) is 4.71. The summed E-state index contributed by atoms with van der Waals surface area (Å²) in [6, 6.07) is 25.7. The predicted octanol–water partition coefficient (Wildman–Crippen LogP) is 5.15. The SMILES string of the molecule is O=c1c(Cc2ccc(-c3ccccc3)cc2)cc(-c2ccc(F)cc2)cn1O. The lowest BCUT2D eigenvalue weighted by atomic mass is 9.99. The Kier molecular flexibility index (Phi) is 4.77. The molecule has 4 heteroatoms. The number of hydrogen-bond donors (Lipinski definition) is 1. The fourth-order valence-electron chi connectivity index (χ4n) is 3.22. The van der Waals surface area contributed by atoms with E-state index in [0.717, 1.165) is 22.3 Å². The summed E-state index contributed by atoms with van der Waals surface area (Å²) in [7, 11) is 0. The van der Waals surface area contributed by atoms with Gasteiger partial charge < -0.3 is 5.21 Å². The second-order valence-corrected chi connectivity index (χ2v) is 6.65. The minimum atomic E-state index is -0.460. The number of pyridine rings is 1. The molecular weight excluding hydrogens is 353 g/mol. The molecule has 0 saturated carbocycles. The molecule has 0 saturated heterocycles. The Balaban J connectivity index is 1.64. The molecule has 0 bridgehead atoms. The van der Waals surface area contributed by atoms with E-state index in [9.17, 15) is 14.4 Å². The van der Waals surface area contributed by atoms with Gasteiger partial charge >= 0.3 is 0 Å². The van der Waals surface area contributed by atoms with Crippen LogP contribution in [-0.2, 0) is 6.42 Å². The average Bonchev–Trinajstić information content (AvgIpc) is 2.73. The van der Waals surface area contributed by atoms with Gasteiger partial charge in [-0.15, -0.1) is 0 Å². The Labute approximate surface area is 161 Å². The monoisotopic (exact) mass is 371 g/mol. The molecule has 0 unspecified atom stereocenters. The first-order valence-electron chi connectivity index (χ1n) is 8.95. The largest absolute Gasteiger partial charge is 0.425 e. The summed E-state index contributed by atoms with van der Waals surface area (Å²) in [5.41, 5.74) is 4.58. The van der Waals surface area contributed by atoms with Crippen LogP contribution in [0, 0.1) is 5.82 Å². The molecule has 0 atom stereocenters. The molecule has 0 amide bonds. The van der Waals surface area contributed by atoms with Crippen LogP contribution in [0.15, 0.2) is 95.9 Å². The van der Waals surface area contributed by atoms with Gasteiger partial charge in [-0.1, -0.05) is 66.7 Å². The lowest BCUT2D eigenvalue weighted by molar-refractivity contribution is 0.174. The van der Waals surface area contributed by atoms with E-state index >= 15 is 0 Å². The number of rotatable bonds is 4. The molecule has 4 aromatic rings. The van der Waals surface area contributed by atoms with Crippen molar-refractivity contribution >= 4 is 0 Å². The van der Waals surface area contributed by atoms with Crippen LogP contribution in [0.5, 0.6) is 0 Å². The summed E-state index contributed by atoms with van der Waals surface area (Å²) < 4.78 is 13.8. The topological polar surface area (TPSA) is 42.2 Å². The van der Waals surface area contributed by atoms with Crippen molar-refractivity contribution in [2.24, 2.45) is 0 Å². The van der Waals surface area contributed by atoms with Gasteiger partial charge in [0, 0.05) is 17.5 Å². The van der Waals surface area contributed by atoms with Crippen LogP contribution < -0.4 is 5.56 Å². The third kappa shape index (κ3) is 3.71. The summed E-state index contributed by atoms with van der Waals surface area (Å²) in [5.74, 6) is -0.334. The predicted molar refractivity (Wildman–Crippen MR) is 108 cm³/mol. The molecule has 0 aliphatic carbocycles. The zero-order valence-corrected chi connectivity index (χ0v) is 15.0. The maximum absolute atomic E-state index is 13.2. The van der Waals surface area contributed by atoms with Gasteiger partial charge in [0.15, 0.2) is 0 Å². The average molecular weight is 371 g/mol. The van der Waals surface area contributed by atoms with Crippen molar-refractivity contribution in [1.82, 2.24) is 4.73 Å². The van der Waals surface area contributed by atoms with Crippen molar-refractivity contribution in [1.29, 1.82) is 0 Å². The fraction of sp³-hybridized carbons (Fsp3) is 0.0417. The maximum atomic E-state index is 13.2. The van der Waals surface area contributed by atoms with E-state index in [1.807, 2.05) is 54.6 Å². The van der Waals surface area contributed by atoms with Crippen LogP contribution in [0.25, 0.3) is 22.3 Å². The highest BCUT2D eigenvalue weighted by Gasteiger charge is 2.09. The number of nitrogens with zero attached hydrogens (tertiary/aromatic N) is 1. The van der Waals surface area contributed by atoms with E-state index < -0.39 is 5.56 Å². The number of aromatic nitrogens is 1. The van der Waals surface area contributed by atoms with Crippen LogP contribution in [-0.4, -0.2) is 9.94 Å². The first-order valence-corrected chi connectivity index (χ1v) is 8.95. The van der Waals surface area contributed by atoms with Crippen LogP contribution >= 0.6 is 0 Å². The third-order valence-electron chi connectivity index (χ3n) is 4.71. The van der Waals surface area contributed by atoms with Crippen LogP contribution in [0.2, 0.25) is 0 Å². The quantitative estimate of drug-likeness (QED) is 0.504. The molecule has 1 aromatic heterocycles. The molecule has 0 aliphatic rings. The Hall–Kier alpha value is -3.66. The first kappa shape index (κ1) is 17.7. The Morgan fingerprint density at radius 1 is 0.750 bits per heavy atom. The van der Waals surface area contributed by atoms with Crippen molar-refractivity contribution in [3.05, 3.63) is 118 Å². The summed E-state index contributed by atoms with van der Waals surface area (Å²) in [6.45, 7) is 0. The smallest absolute Gasteiger partial charge is 0.286 e. The molecule has 1 heterocycles. The van der Waals surface area contributed by atoms with Gasteiger partial charge in [-0.05, 0) is 40.5 Å². The second kappa shape index (κ2) is 7.53. The normalized spacial score (nSPS) is 10.8. The van der Waals surface area contributed by atoms with Crippen molar-refractivity contribution in [2.45, 2.75) is 6.42 Å². The van der Waals surface area contributed by atoms with E-state index in [2.05, 4.69) is 0 Å². The minimum absolute atomic E-state index is 0.334. The van der Waals surface area contributed by atoms with E-state index in [4.69, 9.17) is 0 Å². The Morgan fingerprint density at radius 3 is 2.00 bits per heavy atom. The zero-order valence-electron chi connectivity index (χ0n) is 15.0. The minimum Gasteiger partial charge on any atom is -0.425 e. The zero-order chi connectivity index (χ0) is 19.5. The standard InChI is InChI=1S/C24H18FNO2/c25-23-12-10-20(11-13-23)22-15-21(24(27)26(28)16-22)14-17-6-8-19(9-7-17)18-4-2-1-3-5-18/h1-13,15-16,28H,14H2. The lowest BCUT2D eigenvalue weighted by Crippen LogP contribution is -2.21. The Morgan fingerprint density at radius 2 is 1.32 bits per heavy atom. The van der Waals surface area contributed by atoms with E-state index in [-0.39, 0.29) is 5.82 Å². The van der Waals surface area contributed by atoms with Crippen molar-refractivity contribution < 1.29 is 9.60 Å². The van der Waals surface area contributed by atoms with Gasteiger partial charge in [0.1, 0.15) is 5.82 Å². The van der Waals surface area contributed by atoms with E-state index in [1.165, 1.54) is 18.3 Å². The van der Waals surface area contributed by atoms with Gasteiger partial charge in [-0.3, -0.25) is 4.79 Å². The molecular formula is C24H18FNO2. The highest BCUT2D eigenvalue weighted by Crippen LogP contribution is 2.22. The molecule has 0 radical (unpaired) electrons. The fourth-order valence-corrected chi connectivity index (χ4v) is 3.22. The van der Waals surface area contributed by atoms with Gasteiger partial charge in [-0.2, -0.15) is 4.73 Å². The molecule has 3 aromatic carbocycles. The van der Waals surface area contributed by atoms with Gasteiger partial charge in [0.05, 0.1) is 6.20 Å². The number of halogens is 1. The summed E-state index contributed by atoms with van der Waals surface area (Å²) in [5, 5.41) is 10.00. The Bertz CT molecular complexity index is 1150. The van der Waals surface area contributed by atoms with Gasteiger partial charge in [-0.25, -0.2) is 4.39 Å². The van der Waals surface area contributed by atoms with Gasteiger partial charge in [0.25, 0.3) is 5.56 Å². The summed E-state index contributed by atoms with van der Waals surface area (Å²) in [6.07, 6.45) is 1.74. The molecule has 0 aliphatic heterocycles. The molecule has 28 heavy (non-hydrogen) atoms. The first-order chi connectivity index (χ1) is 13.6. The summed E-state index contributed by atoms with van der Waals surface area (Å²) >= 11 is 0.